The number of fused-ring (bicyclic) bond motifs is 1. The van der Waals surface area contributed by atoms with Crippen LogP contribution in [0.1, 0.15) is 44.3 Å². The molecule has 0 N–H and O–H groups in total. The number of aromatic nitrogens is 3. The zero-order valence-corrected chi connectivity index (χ0v) is 12.2. The van der Waals surface area contributed by atoms with E-state index in [4.69, 9.17) is 0 Å². The smallest absolute Gasteiger partial charge is 0.254 e. The van der Waals surface area contributed by atoms with Crippen LogP contribution in [0.3, 0.4) is 0 Å². The number of rotatable bonds is 2. The second kappa shape index (κ2) is 4.98. The van der Waals surface area contributed by atoms with E-state index in [9.17, 15) is 0 Å². The monoisotopic (exact) mass is 281 g/mol. The Bertz CT molecular complexity index is 654. The Labute approximate surface area is 124 Å². The first-order valence-electron chi connectivity index (χ1n) is 7.62. The van der Waals surface area contributed by atoms with Crippen molar-refractivity contribution in [3.05, 3.63) is 42.2 Å². The van der Waals surface area contributed by atoms with Gasteiger partial charge in [0.15, 0.2) is 0 Å². The Morgan fingerprint density at radius 2 is 1.86 bits per heavy atom. The Morgan fingerprint density at radius 3 is 2.62 bits per heavy atom. The van der Waals surface area contributed by atoms with Gasteiger partial charge < -0.3 is 4.90 Å². The first-order valence-corrected chi connectivity index (χ1v) is 7.62. The van der Waals surface area contributed by atoms with Crippen molar-refractivity contribution in [1.82, 2.24) is 19.7 Å². The molecule has 0 saturated heterocycles. The van der Waals surface area contributed by atoms with Crippen LogP contribution in [-0.2, 0) is 0 Å². The maximum absolute atomic E-state index is 4.64. The number of aliphatic imine (C=N–C) groups is 1. The van der Waals surface area contributed by atoms with Crippen molar-refractivity contribution in [2.24, 2.45) is 4.99 Å². The number of nitrogens with zero attached hydrogens (tertiary/aromatic N) is 5. The van der Waals surface area contributed by atoms with Gasteiger partial charge in [-0.3, -0.25) is 4.57 Å². The summed E-state index contributed by atoms with van der Waals surface area (Å²) >= 11 is 0. The van der Waals surface area contributed by atoms with E-state index in [0.29, 0.717) is 12.0 Å². The van der Waals surface area contributed by atoms with E-state index in [1.807, 2.05) is 0 Å². The Balaban J connectivity index is 1.83. The summed E-state index contributed by atoms with van der Waals surface area (Å²) in [7, 11) is 0. The van der Waals surface area contributed by atoms with E-state index in [1.165, 1.54) is 31.2 Å². The van der Waals surface area contributed by atoms with Crippen molar-refractivity contribution < 1.29 is 0 Å². The average Bonchev–Trinajstić information content (AvgIpc) is 3.17. The molecular weight excluding hydrogens is 262 g/mol. The summed E-state index contributed by atoms with van der Waals surface area (Å²) in [5, 5.41) is 8.20. The summed E-state index contributed by atoms with van der Waals surface area (Å²) in [6, 6.07) is 11.2. The largest absolute Gasteiger partial charge is 0.332 e. The molecule has 5 nitrogen and oxygen atoms in total. The molecular formula is C16H19N5. The van der Waals surface area contributed by atoms with Gasteiger partial charge in [-0.15, -0.1) is 10.2 Å². The zero-order chi connectivity index (χ0) is 14.2. The summed E-state index contributed by atoms with van der Waals surface area (Å²) in [6.07, 6.45) is 7.03. The third kappa shape index (κ3) is 2.04. The van der Waals surface area contributed by atoms with Gasteiger partial charge in [0, 0.05) is 6.04 Å². The first kappa shape index (κ1) is 12.6. The molecule has 1 atom stereocenters. The third-order valence-electron chi connectivity index (χ3n) is 4.53. The normalized spacial score (nSPS) is 22.2. The molecule has 1 aromatic carbocycles. The second-order valence-electron chi connectivity index (χ2n) is 5.83. The molecule has 108 valence electrons. The van der Waals surface area contributed by atoms with Crippen molar-refractivity contribution in [2.45, 2.75) is 44.8 Å². The molecule has 1 aliphatic heterocycles. The standard InChI is InChI=1S/C16H19N5/c1-12-18-16-19-17-11-20(16)15(13-7-3-2-4-8-13)21(12)14-9-5-6-10-14/h2-4,7-8,11,14-15H,5-6,9-10H2,1H3. The van der Waals surface area contributed by atoms with Gasteiger partial charge in [-0.05, 0) is 25.3 Å². The van der Waals surface area contributed by atoms with Crippen LogP contribution in [0.5, 0.6) is 0 Å². The lowest BCUT2D eigenvalue weighted by Gasteiger charge is -2.41. The van der Waals surface area contributed by atoms with Crippen LogP contribution in [-0.4, -0.2) is 31.5 Å². The van der Waals surface area contributed by atoms with Gasteiger partial charge in [-0.1, -0.05) is 43.2 Å². The van der Waals surface area contributed by atoms with E-state index in [0.717, 1.165) is 5.84 Å². The highest BCUT2D eigenvalue weighted by Gasteiger charge is 2.35. The molecule has 2 aliphatic rings. The molecule has 1 saturated carbocycles. The van der Waals surface area contributed by atoms with Gasteiger partial charge in [-0.2, -0.15) is 4.99 Å². The van der Waals surface area contributed by atoms with Crippen molar-refractivity contribution >= 4 is 11.8 Å². The maximum Gasteiger partial charge on any atom is 0.254 e. The fourth-order valence-corrected chi connectivity index (χ4v) is 3.60. The van der Waals surface area contributed by atoms with Crippen LogP contribution in [0, 0.1) is 0 Å². The molecule has 0 spiro atoms. The predicted molar refractivity (Wildman–Crippen MR) is 81.5 cm³/mol. The first-order chi connectivity index (χ1) is 10.3. The molecule has 5 heteroatoms. The summed E-state index contributed by atoms with van der Waals surface area (Å²) in [5.41, 5.74) is 1.26. The Morgan fingerprint density at radius 1 is 1.10 bits per heavy atom. The predicted octanol–water partition coefficient (Wildman–Crippen LogP) is 3.13. The van der Waals surface area contributed by atoms with E-state index in [1.54, 1.807) is 6.33 Å². The Kier molecular flexibility index (Phi) is 2.98. The molecule has 21 heavy (non-hydrogen) atoms. The lowest BCUT2D eigenvalue weighted by Crippen LogP contribution is -2.45. The fourth-order valence-electron chi connectivity index (χ4n) is 3.60. The summed E-state index contributed by atoms with van der Waals surface area (Å²) in [4.78, 5) is 7.10. The van der Waals surface area contributed by atoms with Crippen LogP contribution in [0.2, 0.25) is 0 Å². The van der Waals surface area contributed by atoms with Gasteiger partial charge in [0.05, 0.1) is 0 Å². The highest BCUT2D eigenvalue weighted by molar-refractivity contribution is 5.83. The average molecular weight is 281 g/mol. The molecule has 2 aromatic rings. The second-order valence-corrected chi connectivity index (χ2v) is 5.83. The van der Waals surface area contributed by atoms with E-state index in [2.05, 4.69) is 61.9 Å². The SMILES string of the molecule is CC1=Nc2nncn2C(c2ccccc2)N1C1CCCC1. The summed E-state index contributed by atoms with van der Waals surface area (Å²) in [6.45, 7) is 2.09. The number of hydrogen-bond donors (Lipinski definition) is 0. The van der Waals surface area contributed by atoms with Gasteiger partial charge in [0.2, 0.25) is 0 Å². The van der Waals surface area contributed by atoms with Crippen LogP contribution in [0.25, 0.3) is 0 Å². The molecule has 1 aliphatic carbocycles. The van der Waals surface area contributed by atoms with Gasteiger partial charge in [-0.25, -0.2) is 0 Å². The molecule has 0 radical (unpaired) electrons. The third-order valence-corrected chi connectivity index (χ3v) is 4.53. The fraction of sp³-hybridized carbons (Fsp3) is 0.438. The topological polar surface area (TPSA) is 46.3 Å². The molecule has 0 bridgehead atoms. The van der Waals surface area contributed by atoms with Crippen LogP contribution in [0.15, 0.2) is 41.7 Å². The molecule has 1 fully saturated rings. The molecule has 0 amide bonds. The van der Waals surface area contributed by atoms with Crippen molar-refractivity contribution in [1.29, 1.82) is 0 Å². The zero-order valence-electron chi connectivity index (χ0n) is 12.2. The molecule has 1 aromatic heterocycles. The highest BCUT2D eigenvalue weighted by Crippen LogP contribution is 2.37. The highest BCUT2D eigenvalue weighted by atomic mass is 15.5. The van der Waals surface area contributed by atoms with Crippen LogP contribution >= 0.6 is 0 Å². The Hall–Kier alpha value is -2.17. The van der Waals surface area contributed by atoms with Crippen LogP contribution < -0.4 is 0 Å². The van der Waals surface area contributed by atoms with Crippen molar-refractivity contribution in [3.63, 3.8) is 0 Å². The summed E-state index contributed by atoms with van der Waals surface area (Å²) < 4.78 is 2.08. The molecule has 2 heterocycles. The van der Waals surface area contributed by atoms with Crippen LogP contribution in [0.4, 0.5) is 5.95 Å². The maximum atomic E-state index is 4.64. The van der Waals surface area contributed by atoms with Gasteiger partial charge >= 0.3 is 0 Å². The molecule has 1 unspecified atom stereocenters. The number of hydrogen-bond acceptors (Lipinski definition) is 4. The molecule has 4 rings (SSSR count). The lowest BCUT2D eigenvalue weighted by atomic mass is 10.1. The van der Waals surface area contributed by atoms with Gasteiger partial charge in [0.25, 0.3) is 5.95 Å². The number of benzene rings is 1. The minimum atomic E-state index is 0.122. The minimum absolute atomic E-state index is 0.122. The van der Waals surface area contributed by atoms with Crippen molar-refractivity contribution in [2.75, 3.05) is 0 Å². The lowest BCUT2D eigenvalue weighted by molar-refractivity contribution is 0.203. The van der Waals surface area contributed by atoms with Gasteiger partial charge in [0.1, 0.15) is 18.3 Å². The summed E-state index contributed by atoms with van der Waals surface area (Å²) in [5.74, 6) is 1.76. The minimum Gasteiger partial charge on any atom is -0.332 e. The van der Waals surface area contributed by atoms with E-state index >= 15 is 0 Å². The van der Waals surface area contributed by atoms with E-state index in [-0.39, 0.29) is 6.17 Å². The quantitative estimate of drug-likeness (QED) is 0.849. The van der Waals surface area contributed by atoms with E-state index < -0.39 is 0 Å². The van der Waals surface area contributed by atoms with Crippen molar-refractivity contribution in [3.8, 4) is 0 Å². The number of amidine groups is 1.